The van der Waals surface area contributed by atoms with E-state index in [0.29, 0.717) is 23.6 Å². The highest BCUT2D eigenvalue weighted by Crippen LogP contribution is 2.29. The molecule has 0 spiro atoms. The van der Waals surface area contributed by atoms with Crippen LogP contribution < -0.4 is 20.1 Å². The molecule has 0 bridgehead atoms. The summed E-state index contributed by atoms with van der Waals surface area (Å²) in [6.45, 7) is 1.00. The lowest BCUT2D eigenvalue weighted by Gasteiger charge is -2.23. The third kappa shape index (κ3) is 3.87. The van der Waals surface area contributed by atoms with Gasteiger partial charge < -0.3 is 20.1 Å². The predicted octanol–water partition coefficient (Wildman–Crippen LogP) is 2.17. The molecule has 5 nitrogen and oxygen atoms in total. The van der Waals surface area contributed by atoms with Crippen LogP contribution in [0, 0.1) is 0 Å². The van der Waals surface area contributed by atoms with E-state index in [4.69, 9.17) is 9.47 Å². The van der Waals surface area contributed by atoms with E-state index in [9.17, 15) is 4.79 Å². The van der Waals surface area contributed by atoms with Crippen LogP contribution in [0.15, 0.2) is 18.2 Å². The number of piperidine rings is 1. The summed E-state index contributed by atoms with van der Waals surface area (Å²) < 4.78 is 10.4. The van der Waals surface area contributed by atoms with E-state index in [-0.39, 0.29) is 11.9 Å². The number of amides is 1. The minimum Gasteiger partial charge on any atom is -0.497 e. The van der Waals surface area contributed by atoms with Gasteiger partial charge in [-0.2, -0.15) is 0 Å². The fourth-order valence-electron chi connectivity index (χ4n) is 2.43. The molecule has 110 valence electrons. The second kappa shape index (κ2) is 7.14. The Kier molecular flexibility index (Phi) is 5.24. The zero-order valence-corrected chi connectivity index (χ0v) is 12.1. The molecule has 1 aliphatic rings. The van der Waals surface area contributed by atoms with Crippen molar-refractivity contribution in [3.8, 4) is 11.5 Å². The third-order valence-electron chi connectivity index (χ3n) is 3.52. The second-order valence-electron chi connectivity index (χ2n) is 4.97. The van der Waals surface area contributed by atoms with Crippen molar-refractivity contribution in [2.45, 2.75) is 31.7 Å². The van der Waals surface area contributed by atoms with E-state index in [1.165, 1.54) is 12.8 Å². The smallest absolute Gasteiger partial charge is 0.226 e. The Morgan fingerprint density at radius 1 is 1.35 bits per heavy atom. The lowest BCUT2D eigenvalue weighted by atomic mass is 10.0. The fraction of sp³-hybridized carbons (Fsp3) is 0.533. The number of hydrogen-bond donors (Lipinski definition) is 2. The van der Waals surface area contributed by atoms with Gasteiger partial charge in [-0.15, -0.1) is 0 Å². The number of hydrogen-bond acceptors (Lipinski definition) is 4. The van der Waals surface area contributed by atoms with E-state index in [0.717, 1.165) is 13.0 Å². The number of rotatable bonds is 5. The van der Waals surface area contributed by atoms with Crippen molar-refractivity contribution in [3.05, 3.63) is 18.2 Å². The van der Waals surface area contributed by atoms with Gasteiger partial charge in [-0.1, -0.05) is 6.42 Å². The standard InChI is InChI=1S/C15H22N2O3/c1-19-12-6-7-14(20-2)13(10-12)17-15(18)9-11-5-3-4-8-16-11/h6-7,10-11,16H,3-5,8-9H2,1-2H3,(H,17,18). The van der Waals surface area contributed by atoms with E-state index in [1.807, 2.05) is 0 Å². The van der Waals surface area contributed by atoms with Crippen LogP contribution in [0.4, 0.5) is 5.69 Å². The molecule has 1 heterocycles. The van der Waals surface area contributed by atoms with E-state index in [1.54, 1.807) is 32.4 Å². The number of carbonyl (C=O) groups excluding carboxylic acids is 1. The second-order valence-corrected chi connectivity index (χ2v) is 4.97. The van der Waals surface area contributed by atoms with Crippen LogP contribution >= 0.6 is 0 Å². The van der Waals surface area contributed by atoms with E-state index < -0.39 is 0 Å². The summed E-state index contributed by atoms with van der Waals surface area (Å²) in [4.78, 5) is 12.1. The molecule has 1 unspecified atom stereocenters. The van der Waals surface area contributed by atoms with Crippen LogP contribution in [0.2, 0.25) is 0 Å². The van der Waals surface area contributed by atoms with Gasteiger partial charge in [-0.25, -0.2) is 0 Å². The van der Waals surface area contributed by atoms with Gasteiger partial charge in [0, 0.05) is 18.5 Å². The molecule has 2 N–H and O–H groups in total. The Hall–Kier alpha value is -1.75. The minimum absolute atomic E-state index is 0.00375. The summed E-state index contributed by atoms with van der Waals surface area (Å²) in [5.41, 5.74) is 0.646. The summed E-state index contributed by atoms with van der Waals surface area (Å²) in [6.07, 6.45) is 3.93. The molecule has 2 rings (SSSR count). The monoisotopic (exact) mass is 278 g/mol. The lowest BCUT2D eigenvalue weighted by molar-refractivity contribution is -0.116. The largest absolute Gasteiger partial charge is 0.497 e. The first-order chi connectivity index (χ1) is 9.72. The highest BCUT2D eigenvalue weighted by Gasteiger charge is 2.17. The van der Waals surface area contributed by atoms with Gasteiger partial charge in [0.2, 0.25) is 5.91 Å². The lowest BCUT2D eigenvalue weighted by Crippen LogP contribution is -2.36. The van der Waals surface area contributed by atoms with Crippen LogP contribution in [0.1, 0.15) is 25.7 Å². The average molecular weight is 278 g/mol. The zero-order chi connectivity index (χ0) is 14.4. The van der Waals surface area contributed by atoms with Crippen LogP contribution in [-0.4, -0.2) is 32.7 Å². The SMILES string of the molecule is COc1ccc(OC)c(NC(=O)CC2CCCCN2)c1. The van der Waals surface area contributed by atoms with Gasteiger partial charge >= 0.3 is 0 Å². The van der Waals surface area contributed by atoms with Crippen LogP contribution in [-0.2, 0) is 4.79 Å². The van der Waals surface area contributed by atoms with Crippen LogP contribution in [0.5, 0.6) is 11.5 Å². The van der Waals surface area contributed by atoms with Crippen molar-refractivity contribution in [2.24, 2.45) is 0 Å². The molecule has 1 amide bonds. The Bertz CT molecular complexity index is 456. The number of methoxy groups -OCH3 is 2. The van der Waals surface area contributed by atoms with E-state index >= 15 is 0 Å². The van der Waals surface area contributed by atoms with Crippen molar-refractivity contribution in [2.75, 3.05) is 26.1 Å². The van der Waals surface area contributed by atoms with Gasteiger partial charge in [0.15, 0.2) is 0 Å². The van der Waals surface area contributed by atoms with Crippen molar-refractivity contribution < 1.29 is 14.3 Å². The van der Waals surface area contributed by atoms with Crippen molar-refractivity contribution >= 4 is 11.6 Å². The van der Waals surface area contributed by atoms with E-state index in [2.05, 4.69) is 10.6 Å². The van der Waals surface area contributed by atoms with Crippen LogP contribution in [0.25, 0.3) is 0 Å². The summed E-state index contributed by atoms with van der Waals surface area (Å²) >= 11 is 0. The summed E-state index contributed by atoms with van der Waals surface area (Å²) in [5, 5.41) is 6.27. The first-order valence-electron chi connectivity index (χ1n) is 6.98. The quantitative estimate of drug-likeness (QED) is 0.866. The van der Waals surface area contributed by atoms with Gasteiger partial charge in [0.1, 0.15) is 11.5 Å². The van der Waals surface area contributed by atoms with Gasteiger partial charge in [-0.05, 0) is 31.5 Å². The third-order valence-corrected chi connectivity index (χ3v) is 3.52. The maximum absolute atomic E-state index is 12.1. The first-order valence-corrected chi connectivity index (χ1v) is 6.98. The normalized spacial score (nSPS) is 18.4. The molecule has 20 heavy (non-hydrogen) atoms. The number of ether oxygens (including phenoxy) is 2. The number of carbonyl (C=O) groups is 1. The average Bonchev–Trinajstić information content (AvgIpc) is 2.48. The molecule has 1 fully saturated rings. The summed E-state index contributed by atoms with van der Waals surface area (Å²) in [5.74, 6) is 1.32. The molecular formula is C15H22N2O3. The van der Waals surface area contributed by atoms with Crippen molar-refractivity contribution in [3.63, 3.8) is 0 Å². The maximum atomic E-state index is 12.1. The highest BCUT2D eigenvalue weighted by molar-refractivity contribution is 5.92. The van der Waals surface area contributed by atoms with Gasteiger partial charge in [0.25, 0.3) is 0 Å². The minimum atomic E-state index is -0.00375. The Morgan fingerprint density at radius 2 is 2.20 bits per heavy atom. The molecule has 1 atom stereocenters. The number of benzene rings is 1. The molecule has 1 aromatic rings. The maximum Gasteiger partial charge on any atom is 0.226 e. The topological polar surface area (TPSA) is 59.6 Å². The molecule has 5 heteroatoms. The Labute approximate surface area is 119 Å². The van der Waals surface area contributed by atoms with Gasteiger partial charge in [-0.3, -0.25) is 4.79 Å². The fourth-order valence-corrected chi connectivity index (χ4v) is 2.43. The molecule has 0 aromatic heterocycles. The predicted molar refractivity (Wildman–Crippen MR) is 78.4 cm³/mol. The molecule has 1 aromatic carbocycles. The molecule has 1 saturated heterocycles. The van der Waals surface area contributed by atoms with Crippen molar-refractivity contribution in [1.82, 2.24) is 5.32 Å². The summed E-state index contributed by atoms with van der Waals surface area (Å²) in [7, 11) is 3.18. The number of anilines is 1. The number of nitrogens with one attached hydrogen (secondary N) is 2. The molecule has 0 saturated carbocycles. The molecular weight excluding hydrogens is 256 g/mol. The molecule has 0 aliphatic carbocycles. The summed E-state index contributed by atoms with van der Waals surface area (Å²) in [6, 6.07) is 5.63. The highest BCUT2D eigenvalue weighted by atomic mass is 16.5. The Morgan fingerprint density at radius 3 is 2.85 bits per heavy atom. The van der Waals surface area contributed by atoms with Crippen molar-refractivity contribution in [1.29, 1.82) is 0 Å². The zero-order valence-electron chi connectivity index (χ0n) is 12.1. The molecule has 1 aliphatic heterocycles. The Balaban J connectivity index is 1.98. The van der Waals surface area contributed by atoms with Gasteiger partial charge in [0.05, 0.1) is 19.9 Å². The van der Waals surface area contributed by atoms with Crippen LogP contribution in [0.3, 0.4) is 0 Å². The first kappa shape index (κ1) is 14.7. The molecule has 0 radical (unpaired) electrons.